The van der Waals surface area contributed by atoms with Crippen LogP contribution in [0, 0.1) is 17.0 Å². The maximum atomic E-state index is 9.89. The summed E-state index contributed by atoms with van der Waals surface area (Å²) in [4.78, 5) is 9.89. The minimum Gasteiger partial charge on any atom is -0.233 e. The summed E-state index contributed by atoms with van der Waals surface area (Å²) in [6.07, 6.45) is 0. The zero-order chi connectivity index (χ0) is 8.27. The van der Waals surface area contributed by atoms with Gasteiger partial charge < -0.3 is 0 Å². The maximum Gasteiger partial charge on any atom is 0.191 e. The van der Waals surface area contributed by atoms with Gasteiger partial charge in [0.1, 0.15) is 5.69 Å². The third-order valence-electron chi connectivity index (χ3n) is 1.23. The highest BCUT2D eigenvalue weighted by atomic mass is 16.7. The monoisotopic (exact) mass is 151 g/mol. The first-order valence-electron chi connectivity index (χ1n) is 3.11. The van der Waals surface area contributed by atoms with E-state index >= 15 is 0 Å². The van der Waals surface area contributed by atoms with E-state index in [-0.39, 0.29) is 0 Å². The maximum absolute atomic E-state index is 9.89. The molecule has 0 fully saturated rings. The van der Waals surface area contributed by atoms with Crippen molar-refractivity contribution in [3.63, 3.8) is 0 Å². The lowest BCUT2D eigenvalue weighted by atomic mass is 10.2. The van der Waals surface area contributed by atoms with Crippen LogP contribution < -0.4 is 5.43 Å². The van der Waals surface area contributed by atoms with E-state index in [9.17, 15) is 10.1 Å². The molecule has 0 saturated carbocycles. The predicted molar refractivity (Wildman–Crippen MR) is 40.0 cm³/mol. The lowest BCUT2D eigenvalue weighted by Crippen LogP contribution is -2.05. The van der Waals surface area contributed by atoms with Gasteiger partial charge in [0.25, 0.3) is 0 Å². The van der Waals surface area contributed by atoms with E-state index < -0.39 is 5.03 Å². The molecule has 4 heteroatoms. The van der Waals surface area contributed by atoms with Crippen molar-refractivity contribution >= 4 is 5.69 Å². The summed E-state index contributed by atoms with van der Waals surface area (Å²) < 4.78 is 0. The molecule has 0 aliphatic heterocycles. The van der Waals surface area contributed by atoms with Crippen LogP contribution in [0.4, 0.5) is 5.69 Å². The minimum absolute atomic E-state index is 0.376. The standard InChI is InChI=1S/C7H7N2O2/c1-6-2-4-7(5-3-6)8-9(10)11/h2-5H,1H3. The van der Waals surface area contributed by atoms with Crippen LogP contribution in [0.5, 0.6) is 0 Å². The van der Waals surface area contributed by atoms with E-state index in [0.29, 0.717) is 5.69 Å². The average Bonchev–Trinajstić information content (AvgIpc) is 1.93. The number of aryl methyl sites for hydroxylation is 1. The summed E-state index contributed by atoms with van der Waals surface area (Å²) in [5, 5.41) is 9.19. The van der Waals surface area contributed by atoms with E-state index in [4.69, 9.17) is 0 Å². The van der Waals surface area contributed by atoms with Crippen molar-refractivity contribution in [3.05, 3.63) is 39.9 Å². The van der Waals surface area contributed by atoms with Gasteiger partial charge in [0.05, 0.1) is 5.43 Å². The molecule has 0 aromatic heterocycles. The largest absolute Gasteiger partial charge is 0.233 e. The van der Waals surface area contributed by atoms with Crippen molar-refractivity contribution in [2.24, 2.45) is 0 Å². The second kappa shape index (κ2) is 3.01. The van der Waals surface area contributed by atoms with Crippen LogP contribution >= 0.6 is 0 Å². The van der Waals surface area contributed by atoms with Crippen LogP contribution in [0.1, 0.15) is 5.56 Å². The Bertz CT molecular complexity index is 256. The predicted octanol–water partition coefficient (Wildman–Crippen LogP) is 1.42. The van der Waals surface area contributed by atoms with Crippen LogP contribution in [0.2, 0.25) is 0 Å². The molecule has 1 aromatic carbocycles. The summed E-state index contributed by atoms with van der Waals surface area (Å²) in [6.45, 7) is 1.91. The number of rotatable bonds is 2. The van der Waals surface area contributed by atoms with Crippen LogP contribution in [0.25, 0.3) is 0 Å². The van der Waals surface area contributed by atoms with Gasteiger partial charge in [0, 0.05) is 0 Å². The van der Waals surface area contributed by atoms with Crippen molar-refractivity contribution < 1.29 is 5.03 Å². The molecule has 0 saturated heterocycles. The zero-order valence-electron chi connectivity index (χ0n) is 6.02. The molecule has 0 aliphatic carbocycles. The number of hydrogen-bond donors (Lipinski definition) is 0. The molecule has 0 N–H and O–H groups in total. The fourth-order valence-corrected chi connectivity index (χ4v) is 0.706. The van der Waals surface area contributed by atoms with Crippen molar-refractivity contribution in [2.75, 3.05) is 0 Å². The summed E-state index contributed by atoms with van der Waals surface area (Å²) >= 11 is 0. The Kier molecular flexibility index (Phi) is 2.06. The van der Waals surface area contributed by atoms with Crippen LogP contribution in [0.15, 0.2) is 24.3 Å². The van der Waals surface area contributed by atoms with E-state index in [2.05, 4.69) is 5.43 Å². The van der Waals surface area contributed by atoms with Gasteiger partial charge in [-0.05, 0) is 19.1 Å². The molecule has 0 unspecified atom stereocenters. The highest BCUT2D eigenvalue weighted by molar-refractivity contribution is 5.36. The first-order valence-corrected chi connectivity index (χ1v) is 3.11. The van der Waals surface area contributed by atoms with E-state index in [0.717, 1.165) is 5.56 Å². The van der Waals surface area contributed by atoms with Crippen LogP contribution in [-0.4, -0.2) is 5.03 Å². The Morgan fingerprint density at radius 1 is 1.36 bits per heavy atom. The van der Waals surface area contributed by atoms with E-state index in [1.54, 1.807) is 24.3 Å². The molecule has 0 bridgehead atoms. The van der Waals surface area contributed by atoms with Gasteiger partial charge >= 0.3 is 0 Å². The van der Waals surface area contributed by atoms with Gasteiger partial charge in [-0.3, -0.25) is 0 Å². The average molecular weight is 151 g/mol. The number of benzene rings is 1. The number of hydrogen-bond acceptors (Lipinski definition) is 2. The Morgan fingerprint density at radius 2 is 1.91 bits per heavy atom. The third kappa shape index (κ3) is 2.25. The summed E-state index contributed by atoms with van der Waals surface area (Å²) in [7, 11) is 0. The first-order chi connectivity index (χ1) is 5.18. The molecule has 57 valence electrons. The number of nitro groups is 1. The molecular weight excluding hydrogens is 144 g/mol. The Balaban J connectivity index is 2.74. The summed E-state index contributed by atoms with van der Waals surface area (Å²) in [5.74, 6) is 0. The normalized spacial score (nSPS) is 9.18. The van der Waals surface area contributed by atoms with Crippen molar-refractivity contribution in [1.29, 1.82) is 0 Å². The summed E-state index contributed by atoms with van der Waals surface area (Å²) in [6, 6.07) is 6.78. The smallest absolute Gasteiger partial charge is 0.191 e. The Morgan fingerprint density at radius 3 is 2.36 bits per heavy atom. The molecule has 0 spiro atoms. The van der Waals surface area contributed by atoms with Gasteiger partial charge in [-0.15, -0.1) is 0 Å². The van der Waals surface area contributed by atoms with Gasteiger partial charge in [-0.1, -0.05) is 17.7 Å². The third-order valence-corrected chi connectivity index (χ3v) is 1.23. The van der Waals surface area contributed by atoms with E-state index in [1.165, 1.54) is 0 Å². The second-order valence-corrected chi connectivity index (χ2v) is 2.17. The van der Waals surface area contributed by atoms with E-state index in [1.807, 2.05) is 6.92 Å². The molecule has 1 aromatic rings. The van der Waals surface area contributed by atoms with Crippen molar-refractivity contribution in [1.82, 2.24) is 5.43 Å². The SMILES string of the molecule is Cc1ccc([N][N+](=O)[O-])cc1. The van der Waals surface area contributed by atoms with Crippen LogP contribution in [-0.2, 0) is 0 Å². The molecule has 1 radical (unpaired) electrons. The molecule has 0 aliphatic rings. The zero-order valence-corrected chi connectivity index (χ0v) is 6.02. The first kappa shape index (κ1) is 7.53. The molecule has 0 heterocycles. The lowest BCUT2D eigenvalue weighted by molar-refractivity contribution is -0.535. The number of nitrogens with zero attached hydrogens (tertiary/aromatic N) is 2. The minimum atomic E-state index is -0.704. The Labute approximate surface area is 64.0 Å². The molecule has 1 rings (SSSR count). The fraction of sp³-hybridized carbons (Fsp3) is 0.143. The fourth-order valence-electron chi connectivity index (χ4n) is 0.706. The molecular formula is C7H7N2O2. The lowest BCUT2D eigenvalue weighted by Gasteiger charge is -1.92. The van der Waals surface area contributed by atoms with Crippen molar-refractivity contribution in [2.45, 2.75) is 6.92 Å². The van der Waals surface area contributed by atoms with Gasteiger partial charge in [0.15, 0.2) is 5.03 Å². The molecule has 0 amide bonds. The topological polar surface area (TPSA) is 57.2 Å². The van der Waals surface area contributed by atoms with Gasteiger partial charge in [0.2, 0.25) is 0 Å². The molecule has 11 heavy (non-hydrogen) atoms. The molecule has 0 atom stereocenters. The van der Waals surface area contributed by atoms with Crippen molar-refractivity contribution in [3.8, 4) is 0 Å². The Hall–Kier alpha value is -1.58. The van der Waals surface area contributed by atoms with Gasteiger partial charge in [-0.2, -0.15) is 0 Å². The van der Waals surface area contributed by atoms with Gasteiger partial charge in [-0.25, -0.2) is 10.1 Å². The highest BCUT2D eigenvalue weighted by Gasteiger charge is 2.00. The molecule has 4 nitrogen and oxygen atoms in total. The summed E-state index contributed by atoms with van der Waals surface area (Å²) in [5.41, 5.74) is 4.56. The highest BCUT2D eigenvalue weighted by Crippen LogP contribution is 2.07. The quantitative estimate of drug-likeness (QED) is 0.474. The van der Waals surface area contributed by atoms with Crippen LogP contribution in [0.3, 0.4) is 0 Å². The second-order valence-electron chi connectivity index (χ2n) is 2.17.